The summed E-state index contributed by atoms with van der Waals surface area (Å²) in [4.78, 5) is 10.1. The maximum Gasteiger partial charge on any atom is 0.120 e. The smallest absolute Gasteiger partial charge is 0.120 e. The lowest BCUT2D eigenvalue weighted by molar-refractivity contribution is 0.167. The first-order valence-electron chi connectivity index (χ1n) is 11.1. The quantitative estimate of drug-likeness (QED) is 0.805. The highest BCUT2D eigenvalue weighted by molar-refractivity contribution is 5.32. The van der Waals surface area contributed by atoms with E-state index in [1.54, 1.807) is 12.1 Å². The van der Waals surface area contributed by atoms with Gasteiger partial charge in [-0.1, -0.05) is 36.4 Å². The van der Waals surface area contributed by atoms with Crippen LogP contribution < -0.4 is 0 Å². The first-order valence-corrected chi connectivity index (χ1v) is 11.1. The molecule has 2 fully saturated rings. The molecule has 2 heterocycles. The van der Waals surface area contributed by atoms with Gasteiger partial charge in [0.2, 0.25) is 0 Å². The number of fused-ring (bicyclic) bond motifs is 3. The van der Waals surface area contributed by atoms with Crippen LogP contribution in [0, 0.1) is 0 Å². The van der Waals surface area contributed by atoms with Crippen molar-refractivity contribution in [1.29, 1.82) is 0 Å². The Morgan fingerprint density at radius 1 is 0.500 bits per heavy atom. The van der Waals surface area contributed by atoms with E-state index in [0.29, 0.717) is 11.5 Å². The second-order valence-electron chi connectivity index (χ2n) is 8.49. The molecular weight excluding hydrogens is 376 g/mol. The van der Waals surface area contributed by atoms with Gasteiger partial charge in [0.1, 0.15) is 11.5 Å². The minimum Gasteiger partial charge on any atom is -0.508 e. The molecule has 6 heteroatoms. The highest BCUT2D eigenvalue weighted by atomic mass is 16.3. The van der Waals surface area contributed by atoms with Crippen molar-refractivity contribution in [2.75, 3.05) is 65.4 Å². The molecule has 2 bridgehead atoms. The number of phenols is 2. The van der Waals surface area contributed by atoms with Crippen molar-refractivity contribution in [3.63, 3.8) is 0 Å². The standard InChI is InChI=1S/C24H34N4O2/c29-23-7-3-1-5-21(23)19-27-15-11-25-9-10-26(12-16-27)14-18-28(17-13-25)20-22-6-2-4-8-24(22)30/h1-8,29-30H,9-20H2. The van der Waals surface area contributed by atoms with Crippen LogP contribution in [-0.2, 0) is 13.1 Å². The summed E-state index contributed by atoms with van der Waals surface area (Å²) in [6.07, 6.45) is 0. The van der Waals surface area contributed by atoms with Crippen LogP contribution in [-0.4, -0.2) is 95.3 Å². The number of hydrogen-bond acceptors (Lipinski definition) is 6. The Bertz CT molecular complexity index is 732. The van der Waals surface area contributed by atoms with Crippen LogP contribution >= 0.6 is 0 Å². The monoisotopic (exact) mass is 410 g/mol. The second kappa shape index (κ2) is 10.3. The van der Waals surface area contributed by atoms with Crippen LogP contribution in [0.2, 0.25) is 0 Å². The third-order valence-corrected chi connectivity index (χ3v) is 6.43. The van der Waals surface area contributed by atoms with Gasteiger partial charge in [-0.3, -0.25) is 19.6 Å². The van der Waals surface area contributed by atoms with Crippen LogP contribution in [0.15, 0.2) is 48.5 Å². The van der Waals surface area contributed by atoms with E-state index in [-0.39, 0.29) is 0 Å². The van der Waals surface area contributed by atoms with Gasteiger partial charge in [0.15, 0.2) is 0 Å². The van der Waals surface area contributed by atoms with Gasteiger partial charge >= 0.3 is 0 Å². The zero-order valence-corrected chi connectivity index (χ0v) is 17.8. The molecule has 0 radical (unpaired) electrons. The Morgan fingerprint density at radius 3 is 1.20 bits per heavy atom. The fraction of sp³-hybridized carbons (Fsp3) is 0.500. The summed E-state index contributed by atoms with van der Waals surface area (Å²) < 4.78 is 0. The normalized spacial score (nSPS) is 24.3. The van der Waals surface area contributed by atoms with E-state index < -0.39 is 0 Å². The predicted octanol–water partition coefficient (Wildman–Crippen LogP) is 2.03. The van der Waals surface area contributed by atoms with E-state index >= 15 is 0 Å². The number of hydrogen-bond donors (Lipinski definition) is 2. The summed E-state index contributed by atoms with van der Waals surface area (Å²) >= 11 is 0. The van der Waals surface area contributed by atoms with E-state index in [4.69, 9.17) is 0 Å². The average molecular weight is 411 g/mol. The summed E-state index contributed by atoms with van der Waals surface area (Å²) in [7, 11) is 0. The van der Waals surface area contributed by atoms with Gasteiger partial charge in [0.25, 0.3) is 0 Å². The molecule has 2 N–H and O–H groups in total. The number of benzene rings is 2. The lowest BCUT2D eigenvalue weighted by Crippen LogP contribution is -2.41. The molecule has 0 amide bonds. The van der Waals surface area contributed by atoms with Crippen LogP contribution in [0.3, 0.4) is 0 Å². The Hall–Kier alpha value is -2.12. The van der Waals surface area contributed by atoms with Gasteiger partial charge < -0.3 is 10.2 Å². The Morgan fingerprint density at radius 2 is 0.833 bits per heavy atom. The lowest BCUT2D eigenvalue weighted by Gasteiger charge is -2.30. The van der Waals surface area contributed by atoms with Crippen molar-refractivity contribution in [3.8, 4) is 11.5 Å². The zero-order chi connectivity index (χ0) is 20.8. The van der Waals surface area contributed by atoms with E-state index in [2.05, 4.69) is 19.6 Å². The fourth-order valence-corrected chi connectivity index (χ4v) is 4.40. The zero-order valence-electron chi connectivity index (χ0n) is 17.8. The molecule has 6 nitrogen and oxygen atoms in total. The van der Waals surface area contributed by atoms with E-state index in [0.717, 1.165) is 89.7 Å². The average Bonchev–Trinajstić information content (AvgIpc) is 2.90. The summed E-state index contributed by atoms with van der Waals surface area (Å²) in [5.74, 6) is 0.791. The van der Waals surface area contributed by atoms with Gasteiger partial charge in [0.05, 0.1) is 0 Å². The number of rotatable bonds is 4. The van der Waals surface area contributed by atoms with Gasteiger partial charge in [-0.15, -0.1) is 0 Å². The van der Waals surface area contributed by atoms with Crippen molar-refractivity contribution in [3.05, 3.63) is 59.7 Å². The topological polar surface area (TPSA) is 53.4 Å². The van der Waals surface area contributed by atoms with Crippen molar-refractivity contribution in [1.82, 2.24) is 19.6 Å². The second-order valence-corrected chi connectivity index (χ2v) is 8.49. The lowest BCUT2D eigenvalue weighted by atomic mass is 10.2. The number of para-hydroxylation sites is 2. The first-order chi connectivity index (χ1) is 14.7. The van der Waals surface area contributed by atoms with Crippen molar-refractivity contribution in [2.24, 2.45) is 0 Å². The fourth-order valence-electron chi connectivity index (χ4n) is 4.40. The maximum atomic E-state index is 10.2. The molecule has 2 saturated heterocycles. The van der Waals surface area contributed by atoms with Gasteiger partial charge in [-0.05, 0) is 12.1 Å². The van der Waals surface area contributed by atoms with Crippen LogP contribution in [0.5, 0.6) is 11.5 Å². The molecule has 0 spiro atoms. The largest absolute Gasteiger partial charge is 0.508 e. The third-order valence-electron chi connectivity index (χ3n) is 6.43. The summed E-state index contributed by atoms with van der Waals surface area (Å²) in [6, 6.07) is 15.4. The highest BCUT2D eigenvalue weighted by Crippen LogP contribution is 2.20. The van der Waals surface area contributed by atoms with E-state index in [1.807, 2.05) is 36.4 Å². The molecule has 2 aromatic carbocycles. The molecule has 2 aliphatic heterocycles. The summed E-state index contributed by atoms with van der Waals surface area (Å²) in [5, 5.41) is 20.3. The predicted molar refractivity (Wildman–Crippen MR) is 120 cm³/mol. The Kier molecular flexibility index (Phi) is 7.23. The Balaban J connectivity index is 1.39. The molecular formula is C24H34N4O2. The van der Waals surface area contributed by atoms with Crippen molar-refractivity contribution in [2.45, 2.75) is 13.1 Å². The van der Waals surface area contributed by atoms with Crippen molar-refractivity contribution >= 4 is 0 Å². The Labute approximate surface area is 179 Å². The highest BCUT2D eigenvalue weighted by Gasteiger charge is 2.21. The van der Waals surface area contributed by atoms with Crippen molar-refractivity contribution < 1.29 is 10.2 Å². The molecule has 2 aromatic rings. The van der Waals surface area contributed by atoms with E-state index in [1.165, 1.54) is 0 Å². The molecule has 0 aliphatic carbocycles. The summed E-state index contributed by atoms with van der Waals surface area (Å²) in [5.41, 5.74) is 2.02. The first kappa shape index (κ1) is 21.1. The molecule has 0 aromatic heterocycles. The van der Waals surface area contributed by atoms with Crippen LogP contribution in [0.1, 0.15) is 11.1 Å². The molecule has 30 heavy (non-hydrogen) atoms. The minimum absolute atomic E-state index is 0.395. The van der Waals surface area contributed by atoms with Crippen LogP contribution in [0.4, 0.5) is 0 Å². The molecule has 2 aliphatic rings. The number of nitrogens with zero attached hydrogens (tertiary/aromatic N) is 4. The maximum absolute atomic E-state index is 10.2. The molecule has 4 rings (SSSR count). The summed E-state index contributed by atoms with van der Waals surface area (Å²) in [6.45, 7) is 12.1. The SMILES string of the molecule is Oc1ccccc1CN1CCN2CCN(CC1)CCN(Cc1ccccc1O)CC2. The molecule has 0 atom stereocenters. The van der Waals surface area contributed by atoms with Gasteiger partial charge in [-0.25, -0.2) is 0 Å². The van der Waals surface area contributed by atoms with Gasteiger partial charge in [0, 0.05) is 89.7 Å². The molecule has 0 saturated carbocycles. The van der Waals surface area contributed by atoms with E-state index in [9.17, 15) is 10.2 Å². The minimum atomic E-state index is 0.395. The number of aromatic hydroxyl groups is 2. The van der Waals surface area contributed by atoms with Gasteiger partial charge in [-0.2, -0.15) is 0 Å². The third kappa shape index (κ3) is 5.73. The molecule has 162 valence electrons. The molecule has 0 unspecified atom stereocenters. The van der Waals surface area contributed by atoms with Crippen LogP contribution in [0.25, 0.3) is 0 Å². The number of phenolic OH excluding ortho intramolecular Hbond substituents is 2.